The van der Waals surface area contributed by atoms with Crippen molar-refractivity contribution in [2.75, 3.05) is 51.3 Å². The molecule has 3 aliphatic heterocycles. The Morgan fingerprint density at radius 2 is 1.87 bits per heavy atom. The van der Waals surface area contributed by atoms with Gasteiger partial charge in [-0.2, -0.15) is 0 Å². The van der Waals surface area contributed by atoms with Crippen molar-refractivity contribution in [2.24, 2.45) is 5.41 Å². The monoisotopic (exact) mass is 872 g/mol. The number of pyridine rings is 1. The number of cyclic esters (lactones) is 1. The maximum absolute atomic E-state index is 17.8. The number of hydrogen-bond acceptors (Lipinski definition) is 12. The lowest BCUT2D eigenvalue weighted by Crippen LogP contribution is -2.60. The van der Waals surface area contributed by atoms with Crippen molar-refractivity contribution < 1.29 is 33.0 Å². The molecule has 8 rings (SSSR count). The van der Waals surface area contributed by atoms with E-state index in [-0.39, 0.29) is 19.1 Å². The average molecular weight is 873 g/mol. The molecule has 4 aliphatic rings. The fourth-order valence-electron chi connectivity index (χ4n) is 9.04. The van der Waals surface area contributed by atoms with Gasteiger partial charge in [-0.05, 0) is 77.5 Å². The highest BCUT2D eigenvalue weighted by molar-refractivity contribution is 7.10. The lowest BCUT2D eigenvalue weighted by atomic mass is 9.93. The van der Waals surface area contributed by atoms with Crippen molar-refractivity contribution in [3.8, 4) is 22.5 Å². The number of aryl methyl sites for hydroxylation is 1. The third kappa shape index (κ3) is 9.20. The van der Waals surface area contributed by atoms with E-state index < -0.39 is 46.9 Å². The number of aromatic nitrogens is 3. The van der Waals surface area contributed by atoms with Crippen LogP contribution < -0.4 is 15.6 Å². The first kappa shape index (κ1) is 44.0. The Kier molecular flexibility index (Phi) is 12.4. The number of carbonyl (C=O) groups is 3. The Balaban J connectivity index is 1.26. The number of halogens is 1. The molecule has 4 aromatic rings. The summed E-state index contributed by atoms with van der Waals surface area (Å²) in [4.78, 5) is 56.0. The Hall–Kier alpha value is -4.64. The van der Waals surface area contributed by atoms with E-state index in [1.165, 1.54) is 29.2 Å². The van der Waals surface area contributed by atoms with Crippen LogP contribution in [0.15, 0.2) is 29.8 Å². The number of benzene rings is 1. The van der Waals surface area contributed by atoms with Gasteiger partial charge in [-0.3, -0.25) is 24.5 Å². The van der Waals surface area contributed by atoms with E-state index in [4.69, 9.17) is 24.2 Å². The number of rotatable bonds is 7. The van der Waals surface area contributed by atoms with Gasteiger partial charge in [-0.15, -0.1) is 11.3 Å². The van der Waals surface area contributed by atoms with Crippen LogP contribution in [-0.4, -0.2) is 113 Å². The maximum atomic E-state index is 17.8. The van der Waals surface area contributed by atoms with E-state index in [9.17, 15) is 14.4 Å². The van der Waals surface area contributed by atoms with Crippen molar-refractivity contribution in [1.29, 1.82) is 0 Å². The first-order valence-corrected chi connectivity index (χ1v) is 23.0. The smallest absolute Gasteiger partial charge is 0.408 e. The SMILES string of the molecule is CCc1c(-c2cc(N3CCN(C4CC4)CC3)cnc2[C@H](C)OC)n2c3c(F)c(ccc13)-c1csc(n1)C[C@H](NC(=O)OC(C)(C)C)C(=O)N1CCC[C@H](N1)C(=O)OCC(C)(C)C2. The summed E-state index contributed by atoms with van der Waals surface area (Å²) in [7, 11) is 1.67. The van der Waals surface area contributed by atoms with Gasteiger partial charge in [0.05, 0.1) is 52.2 Å². The molecule has 2 N–H and O–H groups in total. The van der Waals surface area contributed by atoms with Gasteiger partial charge in [0.2, 0.25) is 0 Å². The minimum Gasteiger partial charge on any atom is -0.464 e. The molecule has 3 aromatic heterocycles. The summed E-state index contributed by atoms with van der Waals surface area (Å²) in [6, 6.07) is 4.80. The summed E-state index contributed by atoms with van der Waals surface area (Å²) in [6.07, 6.45) is 5.03. The molecule has 0 radical (unpaired) electrons. The molecule has 14 nitrogen and oxygen atoms in total. The van der Waals surface area contributed by atoms with Crippen LogP contribution in [0.4, 0.5) is 14.9 Å². The predicted octanol–water partition coefficient (Wildman–Crippen LogP) is 7.03. The van der Waals surface area contributed by atoms with Crippen LogP contribution >= 0.6 is 11.3 Å². The number of thiazole rings is 1. The van der Waals surface area contributed by atoms with Gasteiger partial charge in [0.25, 0.3) is 5.91 Å². The topological polar surface area (TPSA) is 143 Å². The molecule has 0 unspecified atom stereocenters. The fourth-order valence-corrected chi connectivity index (χ4v) is 9.88. The van der Waals surface area contributed by atoms with Crippen LogP contribution in [-0.2, 0) is 43.2 Å². The number of amides is 2. The number of hydrazine groups is 1. The van der Waals surface area contributed by atoms with Crippen LogP contribution in [0.2, 0.25) is 0 Å². The summed E-state index contributed by atoms with van der Waals surface area (Å²) in [5.41, 5.74) is 7.24. The maximum Gasteiger partial charge on any atom is 0.408 e. The van der Waals surface area contributed by atoms with Crippen LogP contribution in [0, 0.1) is 11.2 Å². The lowest BCUT2D eigenvalue weighted by Gasteiger charge is -2.36. The Labute approximate surface area is 367 Å². The summed E-state index contributed by atoms with van der Waals surface area (Å²) < 4.78 is 37.4. The minimum atomic E-state index is -1.08. The molecular weight excluding hydrogens is 812 g/mol. The zero-order valence-electron chi connectivity index (χ0n) is 37.3. The number of hydrogen-bond donors (Lipinski definition) is 2. The van der Waals surface area contributed by atoms with Crippen molar-refractivity contribution in [3.05, 3.63) is 51.9 Å². The molecule has 16 heteroatoms. The number of fused-ring (bicyclic) bond motifs is 6. The van der Waals surface area contributed by atoms with E-state index in [0.29, 0.717) is 60.2 Å². The third-order valence-electron chi connectivity index (χ3n) is 12.4. The van der Waals surface area contributed by atoms with Crippen molar-refractivity contribution in [1.82, 2.24) is 35.2 Å². The molecule has 2 amide bonds. The molecule has 1 aliphatic carbocycles. The van der Waals surface area contributed by atoms with Gasteiger partial charge < -0.3 is 29.0 Å². The van der Waals surface area contributed by atoms with Crippen LogP contribution in [0.5, 0.6) is 0 Å². The largest absolute Gasteiger partial charge is 0.464 e. The molecule has 1 saturated carbocycles. The summed E-state index contributed by atoms with van der Waals surface area (Å²) in [5, 5.41) is 7.21. The number of piperazine rings is 1. The lowest BCUT2D eigenvalue weighted by molar-refractivity contribution is -0.155. The second kappa shape index (κ2) is 17.5. The summed E-state index contributed by atoms with van der Waals surface area (Å²) >= 11 is 1.29. The fraction of sp³-hybridized carbons (Fsp3) is 0.587. The number of carbonyl (C=O) groups excluding carboxylic acids is 3. The normalized spacial score (nSPS) is 22.0. The van der Waals surface area contributed by atoms with Crippen molar-refractivity contribution in [2.45, 2.75) is 123 Å². The third-order valence-corrected chi connectivity index (χ3v) is 13.3. The number of methoxy groups -OCH3 is 1. The Morgan fingerprint density at radius 1 is 1.11 bits per heavy atom. The number of ether oxygens (including phenoxy) is 3. The van der Waals surface area contributed by atoms with Gasteiger partial charge in [0.15, 0.2) is 5.82 Å². The highest BCUT2D eigenvalue weighted by atomic mass is 32.1. The van der Waals surface area contributed by atoms with Crippen molar-refractivity contribution in [3.63, 3.8) is 0 Å². The highest BCUT2D eigenvalue weighted by Gasteiger charge is 2.37. The van der Waals surface area contributed by atoms with Crippen molar-refractivity contribution >= 4 is 45.9 Å². The molecule has 6 heterocycles. The first-order chi connectivity index (χ1) is 29.5. The molecule has 2 saturated heterocycles. The number of nitrogens with one attached hydrogen (secondary N) is 2. The molecule has 3 fully saturated rings. The highest BCUT2D eigenvalue weighted by Crippen LogP contribution is 2.43. The van der Waals surface area contributed by atoms with E-state index >= 15 is 4.39 Å². The average Bonchev–Trinajstić information content (AvgIpc) is 3.92. The zero-order chi connectivity index (χ0) is 44.1. The Morgan fingerprint density at radius 3 is 2.56 bits per heavy atom. The quantitative estimate of drug-likeness (QED) is 0.185. The van der Waals surface area contributed by atoms with Gasteiger partial charge in [0, 0.05) is 86.1 Å². The molecule has 62 heavy (non-hydrogen) atoms. The van der Waals surface area contributed by atoms with Gasteiger partial charge in [-0.25, -0.2) is 19.6 Å². The van der Waals surface area contributed by atoms with Gasteiger partial charge in [-0.1, -0.05) is 26.8 Å². The summed E-state index contributed by atoms with van der Waals surface area (Å²) in [5.74, 6) is -1.37. The zero-order valence-corrected chi connectivity index (χ0v) is 38.1. The number of anilines is 1. The molecule has 0 spiro atoms. The molecule has 3 atom stereocenters. The molecule has 1 aromatic carbocycles. The van der Waals surface area contributed by atoms with E-state index in [1.807, 2.05) is 33.0 Å². The van der Waals surface area contributed by atoms with E-state index in [2.05, 4.69) is 38.1 Å². The summed E-state index contributed by atoms with van der Waals surface area (Å²) in [6.45, 7) is 17.8. The number of alkyl carbamates (subject to hydrolysis) is 1. The minimum absolute atomic E-state index is 0.0219. The first-order valence-electron chi connectivity index (χ1n) is 22.1. The molecule has 334 valence electrons. The number of esters is 1. The van der Waals surface area contributed by atoms with E-state index in [0.717, 1.165) is 59.8 Å². The molecule has 6 bridgehead atoms. The second-order valence-electron chi connectivity index (χ2n) is 19.0. The van der Waals surface area contributed by atoms with Crippen LogP contribution in [0.3, 0.4) is 0 Å². The van der Waals surface area contributed by atoms with E-state index in [1.54, 1.807) is 39.3 Å². The standard InChI is InChI=1S/C46H61FN8O6S/c1-9-30-31-14-15-32-36-24-62-37(49-36)22-35(50-44(58)61-45(3,4)5)42(56)55-16-10-11-34(51-55)43(57)60-26-46(6,7)25-54(41(31)38(32)47)40(30)33-21-29(23-48-39(33)27(2)59-8)53-19-17-52(18-20-53)28-12-13-28/h14-15,21,23-24,27-28,34-35,51H,9-13,16-20,22,25-26H2,1-8H3,(H,50,58)/t27-,34-,35-/m0/s1. The number of nitrogens with zero attached hydrogens (tertiary/aromatic N) is 6. The molecular formula is C46H61FN8O6S. The second-order valence-corrected chi connectivity index (χ2v) is 19.9. The van der Waals surface area contributed by atoms with Crippen LogP contribution in [0.25, 0.3) is 33.4 Å². The van der Waals surface area contributed by atoms with Gasteiger partial charge in [0.1, 0.15) is 17.7 Å². The van der Waals surface area contributed by atoms with Gasteiger partial charge >= 0.3 is 12.1 Å². The van der Waals surface area contributed by atoms with Crippen LogP contribution in [0.1, 0.15) is 96.5 Å². The Bertz CT molecular complexity index is 2330. The predicted molar refractivity (Wildman–Crippen MR) is 237 cm³/mol.